The van der Waals surface area contributed by atoms with E-state index >= 15 is 0 Å². The molecule has 1 aliphatic heterocycles. The Morgan fingerprint density at radius 1 is 1.62 bits per heavy atom. The lowest BCUT2D eigenvalue weighted by Crippen LogP contribution is -2.39. The molecule has 8 heteroatoms. The number of halogens is 1. The first kappa shape index (κ1) is 15.7. The molecule has 1 unspecified atom stereocenters. The van der Waals surface area contributed by atoms with E-state index in [1.54, 1.807) is 6.92 Å². The first-order chi connectivity index (χ1) is 10.0. The summed E-state index contributed by atoms with van der Waals surface area (Å²) >= 11 is 3.31. The van der Waals surface area contributed by atoms with Crippen molar-refractivity contribution in [3.63, 3.8) is 0 Å². The van der Waals surface area contributed by atoms with Crippen LogP contribution >= 0.6 is 15.9 Å². The van der Waals surface area contributed by atoms with Gasteiger partial charge in [-0.05, 0) is 35.7 Å². The maximum atomic E-state index is 11.9. The van der Waals surface area contributed by atoms with Crippen LogP contribution in [0.2, 0.25) is 0 Å². The first-order valence-electron chi connectivity index (χ1n) is 6.74. The van der Waals surface area contributed by atoms with Crippen molar-refractivity contribution in [1.82, 2.24) is 4.98 Å². The van der Waals surface area contributed by atoms with Gasteiger partial charge in [-0.3, -0.25) is 19.9 Å². The zero-order valence-corrected chi connectivity index (χ0v) is 13.2. The van der Waals surface area contributed by atoms with Crippen molar-refractivity contribution in [2.24, 2.45) is 5.92 Å². The average Bonchev–Trinajstić information content (AvgIpc) is 2.47. The summed E-state index contributed by atoms with van der Waals surface area (Å²) in [5, 5.41) is 11.2. The molecule has 0 saturated carbocycles. The van der Waals surface area contributed by atoms with Crippen LogP contribution in [0.15, 0.2) is 16.9 Å². The highest BCUT2D eigenvalue weighted by atomic mass is 79.9. The van der Waals surface area contributed by atoms with E-state index < -0.39 is 4.92 Å². The van der Waals surface area contributed by atoms with Gasteiger partial charge in [-0.2, -0.15) is 0 Å². The average molecular weight is 358 g/mol. The van der Waals surface area contributed by atoms with Crippen LogP contribution in [0.4, 0.5) is 11.4 Å². The Kier molecular flexibility index (Phi) is 5.11. The molecule has 21 heavy (non-hydrogen) atoms. The third-order valence-electron chi connectivity index (χ3n) is 3.41. The van der Waals surface area contributed by atoms with Crippen LogP contribution in [0.5, 0.6) is 0 Å². The molecule has 0 N–H and O–H groups in total. The molecule has 1 aliphatic rings. The number of hydrogen-bond donors (Lipinski definition) is 0. The van der Waals surface area contributed by atoms with Crippen molar-refractivity contribution >= 4 is 33.3 Å². The van der Waals surface area contributed by atoms with Gasteiger partial charge in [0.05, 0.1) is 21.9 Å². The topological polar surface area (TPSA) is 85.6 Å². The summed E-state index contributed by atoms with van der Waals surface area (Å²) in [5.74, 6) is -0.492. The number of aromatic nitrogens is 1. The highest BCUT2D eigenvalue weighted by Crippen LogP contribution is 2.37. The van der Waals surface area contributed by atoms with Crippen molar-refractivity contribution in [2.75, 3.05) is 24.6 Å². The van der Waals surface area contributed by atoms with Gasteiger partial charge in [0.1, 0.15) is 11.9 Å². The Morgan fingerprint density at radius 2 is 2.38 bits per heavy atom. The molecule has 7 nitrogen and oxygen atoms in total. The molecular formula is C13H16BrN3O4. The van der Waals surface area contributed by atoms with Gasteiger partial charge in [0, 0.05) is 19.3 Å². The summed E-state index contributed by atoms with van der Waals surface area (Å²) in [6.45, 7) is 3.19. The van der Waals surface area contributed by atoms with Gasteiger partial charge < -0.3 is 9.64 Å². The van der Waals surface area contributed by atoms with Crippen LogP contribution in [-0.4, -0.2) is 35.6 Å². The number of nitro groups is 1. The standard InChI is InChI=1S/C13H16BrN3O4/c1-2-21-13(18)9-4-3-5-16(8-9)12-10(14)6-15-7-11(12)17(19)20/h6-7,9H,2-5,8H2,1H3. The maximum Gasteiger partial charge on any atom is 0.311 e. The van der Waals surface area contributed by atoms with Gasteiger partial charge in [-0.1, -0.05) is 0 Å². The van der Waals surface area contributed by atoms with Crippen LogP contribution in [0.3, 0.4) is 0 Å². The molecule has 0 bridgehead atoms. The Bertz CT molecular complexity index is 552. The van der Waals surface area contributed by atoms with Gasteiger partial charge in [-0.25, -0.2) is 0 Å². The van der Waals surface area contributed by atoms with E-state index in [1.807, 2.05) is 4.90 Å². The SMILES string of the molecule is CCOC(=O)C1CCCN(c2c(Br)cncc2[N+](=O)[O-])C1. The van der Waals surface area contributed by atoms with Crippen LogP contribution in [-0.2, 0) is 9.53 Å². The quantitative estimate of drug-likeness (QED) is 0.467. The van der Waals surface area contributed by atoms with Gasteiger partial charge >= 0.3 is 11.7 Å². The van der Waals surface area contributed by atoms with Crippen molar-refractivity contribution < 1.29 is 14.5 Å². The highest BCUT2D eigenvalue weighted by molar-refractivity contribution is 9.10. The first-order valence-corrected chi connectivity index (χ1v) is 7.53. The summed E-state index contributed by atoms with van der Waals surface area (Å²) in [6.07, 6.45) is 4.28. The highest BCUT2D eigenvalue weighted by Gasteiger charge is 2.31. The fourth-order valence-corrected chi connectivity index (χ4v) is 3.07. The number of ether oxygens (including phenoxy) is 1. The molecule has 0 aromatic carbocycles. The van der Waals surface area contributed by atoms with Gasteiger partial charge in [0.2, 0.25) is 0 Å². The number of rotatable bonds is 4. The normalized spacial score (nSPS) is 18.4. The lowest BCUT2D eigenvalue weighted by atomic mass is 9.97. The van der Waals surface area contributed by atoms with Gasteiger partial charge in [0.15, 0.2) is 0 Å². The minimum Gasteiger partial charge on any atom is -0.466 e. The van der Waals surface area contributed by atoms with Crippen LogP contribution in [0.25, 0.3) is 0 Å². The number of hydrogen-bond acceptors (Lipinski definition) is 6. The Morgan fingerprint density at radius 3 is 3.05 bits per heavy atom. The number of pyridine rings is 1. The lowest BCUT2D eigenvalue weighted by molar-refractivity contribution is -0.384. The minimum atomic E-state index is -0.457. The largest absolute Gasteiger partial charge is 0.466 e. The summed E-state index contributed by atoms with van der Waals surface area (Å²) in [4.78, 5) is 28.3. The molecule has 1 aromatic rings. The number of nitrogens with zero attached hydrogens (tertiary/aromatic N) is 3. The minimum absolute atomic E-state index is 0.0612. The molecule has 0 radical (unpaired) electrons. The molecular weight excluding hydrogens is 342 g/mol. The van der Waals surface area contributed by atoms with Crippen LogP contribution < -0.4 is 4.90 Å². The molecule has 1 saturated heterocycles. The Labute approximate surface area is 130 Å². The molecule has 0 spiro atoms. The van der Waals surface area contributed by atoms with Crippen molar-refractivity contribution in [2.45, 2.75) is 19.8 Å². The zero-order valence-electron chi connectivity index (χ0n) is 11.6. The second kappa shape index (κ2) is 6.84. The van der Waals surface area contributed by atoms with Gasteiger partial charge in [-0.15, -0.1) is 0 Å². The number of carbonyl (C=O) groups is 1. The fraction of sp³-hybridized carbons (Fsp3) is 0.538. The Hall–Kier alpha value is -1.70. The van der Waals surface area contributed by atoms with Gasteiger partial charge in [0.25, 0.3) is 0 Å². The number of anilines is 1. The molecule has 114 valence electrons. The smallest absolute Gasteiger partial charge is 0.311 e. The molecule has 1 aromatic heterocycles. The summed E-state index contributed by atoms with van der Waals surface area (Å²) in [6, 6.07) is 0. The second-order valence-corrected chi connectivity index (χ2v) is 5.64. The number of esters is 1. The monoisotopic (exact) mass is 357 g/mol. The molecule has 2 heterocycles. The number of piperidine rings is 1. The van der Waals surface area contributed by atoms with Crippen molar-refractivity contribution in [1.29, 1.82) is 0 Å². The van der Waals surface area contributed by atoms with E-state index in [1.165, 1.54) is 12.4 Å². The predicted molar refractivity (Wildman–Crippen MR) is 80.2 cm³/mol. The van der Waals surface area contributed by atoms with E-state index in [9.17, 15) is 14.9 Å². The van der Waals surface area contributed by atoms with E-state index in [0.717, 1.165) is 12.8 Å². The Balaban J connectivity index is 2.26. The summed E-state index contributed by atoms with van der Waals surface area (Å²) in [5.41, 5.74) is 0.415. The van der Waals surface area contributed by atoms with Crippen LogP contribution in [0, 0.1) is 16.0 Å². The zero-order chi connectivity index (χ0) is 15.4. The summed E-state index contributed by atoms with van der Waals surface area (Å²) in [7, 11) is 0. The molecule has 1 fully saturated rings. The molecule has 0 aliphatic carbocycles. The van der Waals surface area contributed by atoms with E-state index in [4.69, 9.17) is 4.74 Å². The molecule has 2 rings (SSSR count). The van der Waals surface area contributed by atoms with Crippen molar-refractivity contribution in [3.05, 3.63) is 27.0 Å². The van der Waals surface area contributed by atoms with E-state index in [-0.39, 0.29) is 17.6 Å². The maximum absolute atomic E-state index is 11.9. The lowest BCUT2D eigenvalue weighted by Gasteiger charge is -2.33. The fourth-order valence-electron chi connectivity index (χ4n) is 2.50. The third-order valence-corrected chi connectivity index (χ3v) is 3.99. The van der Waals surface area contributed by atoms with E-state index in [0.29, 0.717) is 29.9 Å². The molecule has 1 atom stereocenters. The third kappa shape index (κ3) is 3.49. The second-order valence-electron chi connectivity index (χ2n) is 4.78. The van der Waals surface area contributed by atoms with Crippen LogP contribution in [0.1, 0.15) is 19.8 Å². The summed E-state index contributed by atoms with van der Waals surface area (Å²) < 4.78 is 5.61. The molecule has 0 amide bonds. The predicted octanol–water partition coefficient (Wildman–Crippen LogP) is 2.53. The number of carbonyl (C=O) groups excluding carboxylic acids is 1. The van der Waals surface area contributed by atoms with Crippen molar-refractivity contribution in [3.8, 4) is 0 Å². The van der Waals surface area contributed by atoms with E-state index in [2.05, 4.69) is 20.9 Å².